The molecule has 0 saturated heterocycles. The number of benzene rings is 2. The molecule has 0 aliphatic carbocycles. The molecule has 0 spiro atoms. The number of carbonyl (C=O) groups is 1. The molecule has 0 fully saturated rings. The van der Waals surface area contributed by atoms with E-state index in [0.717, 1.165) is 16.7 Å². The average molecular weight is 493 g/mol. The molecule has 10 heteroatoms. The Hall–Kier alpha value is -2.55. The van der Waals surface area contributed by atoms with Crippen LogP contribution >= 0.6 is 23.2 Å². The molecule has 0 aliphatic rings. The van der Waals surface area contributed by atoms with Crippen LogP contribution in [0, 0.1) is 6.92 Å². The number of rotatable bonds is 10. The first-order valence-corrected chi connectivity index (χ1v) is 11.6. The van der Waals surface area contributed by atoms with Gasteiger partial charge in [0.25, 0.3) is 5.91 Å². The predicted molar refractivity (Wildman–Crippen MR) is 129 cm³/mol. The minimum atomic E-state index is -1.13. The van der Waals surface area contributed by atoms with Gasteiger partial charge in [0.1, 0.15) is 6.17 Å². The minimum absolute atomic E-state index is 0.0677. The highest BCUT2D eigenvalue weighted by Crippen LogP contribution is 2.31. The molecule has 0 bridgehead atoms. The van der Waals surface area contributed by atoms with Crippen molar-refractivity contribution < 1.29 is 9.18 Å². The van der Waals surface area contributed by atoms with Crippen molar-refractivity contribution in [2.24, 2.45) is 0 Å². The first-order chi connectivity index (χ1) is 15.8. The maximum Gasteiger partial charge on any atom is 0.251 e. The summed E-state index contributed by atoms with van der Waals surface area (Å²) < 4.78 is 14.9. The second-order valence-electron chi connectivity index (χ2n) is 7.90. The number of amides is 1. The van der Waals surface area contributed by atoms with E-state index >= 15 is 0 Å². The number of hydrogen-bond donors (Lipinski definition) is 2. The summed E-state index contributed by atoms with van der Waals surface area (Å²) in [7, 11) is 0. The number of aromatic nitrogens is 4. The van der Waals surface area contributed by atoms with Gasteiger partial charge in [0.2, 0.25) is 0 Å². The van der Waals surface area contributed by atoms with Crippen molar-refractivity contribution in [2.45, 2.75) is 39.4 Å². The number of nitrogens with zero attached hydrogens (tertiary/aromatic N) is 4. The number of halogens is 3. The van der Waals surface area contributed by atoms with E-state index < -0.39 is 6.17 Å². The summed E-state index contributed by atoms with van der Waals surface area (Å²) >= 11 is 12.0. The molecule has 0 radical (unpaired) electrons. The zero-order valence-electron chi connectivity index (χ0n) is 18.8. The largest absolute Gasteiger partial charge is 0.348 e. The van der Waals surface area contributed by atoms with E-state index in [4.69, 9.17) is 23.2 Å². The number of carbonyl (C=O) groups excluding carboxylic acids is 1. The fourth-order valence-electron chi connectivity index (χ4n) is 3.37. The maximum absolute atomic E-state index is 13.3. The second kappa shape index (κ2) is 11.5. The van der Waals surface area contributed by atoms with Crippen molar-refractivity contribution in [1.29, 1.82) is 0 Å². The summed E-state index contributed by atoms with van der Waals surface area (Å²) in [5.41, 5.74) is 3.71. The van der Waals surface area contributed by atoms with Gasteiger partial charge in [-0.25, -0.2) is 4.39 Å². The quantitative estimate of drug-likeness (QED) is 0.415. The lowest BCUT2D eigenvalue weighted by Crippen LogP contribution is -2.41. The second-order valence-corrected chi connectivity index (χ2v) is 8.61. The normalized spacial score (nSPS) is 13.0. The van der Waals surface area contributed by atoms with Gasteiger partial charge in [-0.05, 0) is 59.7 Å². The molecule has 33 heavy (non-hydrogen) atoms. The maximum atomic E-state index is 13.3. The summed E-state index contributed by atoms with van der Waals surface area (Å²) in [5.74, 6) is 0.337. The van der Waals surface area contributed by atoms with Gasteiger partial charge in [-0.3, -0.25) is 4.79 Å². The van der Waals surface area contributed by atoms with Crippen molar-refractivity contribution in [3.05, 3.63) is 58.4 Å². The van der Waals surface area contributed by atoms with Crippen molar-refractivity contribution in [3.8, 4) is 16.8 Å². The smallest absolute Gasteiger partial charge is 0.251 e. The van der Waals surface area contributed by atoms with E-state index in [1.165, 1.54) is 0 Å². The Balaban J connectivity index is 1.91. The zero-order valence-corrected chi connectivity index (χ0v) is 20.3. The van der Waals surface area contributed by atoms with Gasteiger partial charge in [0.05, 0.1) is 11.6 Å². The Morgan fingerprint density at radius 2 is 2.00 bits per heavy atom. The fourth-order valence-corrected chi connectivity index (χ4v) is 3.82. The lowest BCUT2D eigenvalue weighted by molar-refractivity contribution is 0.0939. The monoisotopic (exact) mass is 492 g/mol. The summed E-state index contributed by atoms with van der Waals surface area (Å²) in [4.78, 5) is 13.1. The van der Waals surface area contributed by atoms with Gasteiger partial charge in [-0.15, -0.1) is 16.7 Å². The van der Waals surface area contributed by atoms with E-state index in [1.54, 1.807) is 16.8 Å². The van der Waals surface area contributed by atoms with Crippen LogP contribution in [-0.4, -0.2) is 57.3 Å². The minimum Gasteiger partial charge on any atom is -0.348 e. The number of tetrazole rings is 1. The predicted octanol–water partition coefficient (Wildman–Crippen LogP) is 4.14. The highest BCUT2D eigenvalue weighted by Gasteiger charge is 2.17. The van der Waals surface area contributed by atoms with E-state index in [9.17, 15) is 9.18 Å². The van der Waals surface area contributed by atoms with Crippen molar-refractivity contribution in [2.75, 3.05) is 19.0 Å². The standard InChI is InChI=1S/C23H27Cl2FN6O/c1-4-22-29-30-31-32(22)19-9-16(20-6-5-14(2)7-21(20)25)8-17(10-19)23(33)28-15(3)12-27-13-18(26)11-24/h5-10,15,18,27H,4,11-13H2,1-3H3,(H,28,33)/t15-,18?/m1/s1. The molecule has 2 N–H and O–H groups in total. The number of alkyl halides is 2. The van der Waals surface area contributed by atoms with Crippen LogP contribution in [0.4, 0.5) is 4.39 Å². The molecule has 3 aromatic rings. The van der Waals surface area contributed by atoms with Crippen LogP contribution in [0.1, 0.15) is 35.6 Å². The van der Waals surface area contributed by atoms with E-state index in [1.807, 2.05) is 45.0 Å². The van der Waals surface area contributed by atoms with Crippen LogP contribution in [0.3, 0.4) is 0 Å². The third kappa shape index (κ3) is 6.50. The lowest BCUT2D eigenvalue weighted by atomic mass is 10.00. The van der Waals surface area contributed by atoms with Crippen LogP contribution in [-0.2, 0) is 6.42 Å². The highest BCUT2D eigenvalue weighted by atomic mass is 35.5. The van der Waals surface area contributed by atoms with E-state index in [0.29, 0.717) is 35.1 Å². The van der Waals surface area contributed by atoms with Gasteiger partial charge >= 0.3 is 0 Å². The van der Waals surface area contributed by atoms with Crippen LogP contribution in [0.15, 0.2) is 36.4 Å². The van der Waals surface area contributed by atoms with Gasteiger partial charge in [0, 0.05) is 41.7 Å². The molecule has 176 valence electrons. The SMILES string of the molecule is CCc1nnnn1-c1cc(C(=O)N[C@H](C)CNCC(F)CCl)cc(-c2ccc(C)cc2Cl)c1. The third-order valence-corrected chi connectivity index (χ3v) is 5.72. The van der Waals surface area contributed by atoms with Gasteiger partial charge in [-0.1, -0.05) is 30.7 Å². The van der Waals surface area contributed by atoms with Crippen molar-refractivity contribution in [1.82, 2.24) is 30.8 Å². The molecule has 0 aliphatic heterocycles. The van der Waals surface area contributed by atoms with Crippen LogP contribution in [0.5, 0.6) is 0 Å². The van der Waals surface area contributed by atoms with Gasteiger partial charge < -0.3 is 10.6 Å². The Kier molecular flexibility index (Phi) is 8.77. The van der Waals surface area contributed by atoms with E-state index in [2.05, 4.69) is 26.2 Å². The van der Waals surface area contributed by atoms with Crippen LogP contribution in [0.25, 0.3) is 16.8 Å². The molecular formula is C23H27Cl2FN6O. The Morgan fingerprint density at radius 1 is 1.21 bits per heavy atom. The zero-order chi connectivity index (χ0) is 24.0. The molecule has 1 amide bonds. The third-order valence-electron chi connectivity index (χ3n) is 5.07. The van der Waals surface area contributed by atoms with Gasteiger partial charge in [-0.2, -0.15) is 4.68 Å². The molecule has 2 atom stereocenters. The summed E-state index contributed by atoms with van der Waals surface area (Å²) in [6, 6.07) is 11.0. The Morgan fingerprint density at radius 3 is 2.70 bits per heavy atom. The molecule has 0 saturated carbocycles. The topological polar surface area (TPSA) is 84.7 Å². The highest BCUT2D eigenvalue weighted by molar-refractivity contribution is 6.33. The molecular weight excluding hydrogens is 466 g/mol. The van der Waals surface area contributed by atoms with Crippen molar-refractivity contribution in [3.63, 3.8) is 0 Å². The Labute approximate surface area is 202 Å². The van der Waals surface area contributed by atoms with Crippen LogP contribution < -0.4 is 10.6 Å². The molecule has 1 aromatic heterocycles. The number of nitrogens with one attached hydrogen (secondary N) is 2. The summed E-state index contributed by atoms with van der Waals surface area (Å²) in [6.45, 7) is 6.31. The first kappa shape index (κ1) is 25.1. The number of hydrogen-bond acceptors (Lipinski definition) is 5. The molecule has 7 nitrogen and oxygen atoms in total. The van der Waals surface area contributed by atoms with Crippen molar-refractivity contribution >= 4 is 29.1 Å². The molecule has 3 rings (SSSR count). The Bertz CT molecular complexity index is 1110. The van der Waals surface area contributed by atoms with Crippen LogP contribution in [0.2, 0.25) is 5.02 Å². The molecule has 1 heterocycles. The summed E-state index contributed by atoms with van der Waals surface area (Å²) in [6.07, 6.45) is -0.498. The van der Waals surface area contributed by atoms with E-state index in [-0.39, 0.29) is 24.4 Å². The summed E-state index contributed by atoms with van der Waals surface area (Å²) in [5, 5.41) is 18.4. The lowest BCUT2D eigenvalue weighted by Gasteiger charge is -2.17. The van der Waals surface area contributed by atoms with Gasteiger partial charge in [0.15, 0.2) is 5.82 Å². The molecule has 2 aromatic carbocycles. The fraction of sp³-hybridized carbons (Fsp3) is 0.391. The average Bonchev–Trinajstić information content (AvgIpc) is 3.27. The number of aryl methyl sites for hydroxylation is 2. The molecule has 1 unspecified atom stereocenters. The first-order valence-electron chi connectivity index (χ1n) is 10.7.